The zero-order valence-corrected chi connectivity index (χ0v) is 13.0. The Bertz CT molecular complexity index is 566. The van der Waals surface area contributed by atoms with Gasteiger partial charge in [0.15, 0.2) is 0 Å². The standard InChI is InChI=1S/C16H19O4P/c1-3-13-5-9-15(10-6-13)19-21(17,18)20-16-11-7-14(4-2)8-12-16/h5-12H,3-4H2,1-2H3,(H,17,18)/p-1. The molecule has 0 unspecified atom stereocenters. The molecule has 112 valence electrons. The van der Waals surface area contributed by atoms with Crippen molar-refractivity contribution in [2.45, 2.75) is 26.7 Å². The van der Waals surface area contributed by atoms with Crippen LogP contribution in [0.2, 0.25) is 0 Å². The van der Waals surface area contributed by atoms with Gasteiger partial charge in [-0.25, -0.2) is 4.57 Å². The summed E-state index contributed by atoms with van der Waals surface area (Å²) in [5.41, 5.74) is 2.22. The van der Waals surface area contributed by atoms with Crippen LogP contribution in [0, 0.1) is 0 Å². The summed E-state index contributed by atoms with van der Waals surface area (Å²) in [4.78, 5) is 11.9. The van der Waals surface area contributed by atoms with Crippen LogP contribution < -0.4 is 13.9 Å². The maximum Gasteiger partial charge on any atom is 0.372 e. The number of rotatable bonds is 6. The summed E-state index contributed by atoms with van der Waals surface area (Å²) in [7, 11) is -4.43. The van der Waals surface area contributed by atoms with Crippen LogP contribution in [-0.2, 0) is 17.4 Å². The molecular weight excluding hydrogens is 287 g/mol. The van der Waals surface area contributed by atoms with Crippen molar-refractivity contribution in [1.29, 1.82) is 0 Å². The van der Waals surface area contributed by atoms with Crippen molar-refractivity contribution in [2.24, 2.45) is 0 Å². The van der Waals surface area contributed by atoms with E-state index in [0.717, 1.165) is 24.0 Å². The summed E-state index contributed by atoms with van der Waals surface area (Å²) in [6.45, 7) is 4.05. The average molecular weight is 305 g/mol. The highest BCUT2D eigenvalue weighted by Crippen LogP contribution is 2.40. The highest BCUT2D eigenvalue weighted by atomic mass is 31.2. The first kappa shape index (κ1) is 15.6. The van der Waals surface area contributed by atoms with Crippen LogP contribution in [0.4, 0.5) is 0 Å². The van der Waals surface area contributed by atoms with Gasteiger partial charge >= 0.3 is 7.82 Å². The van der Waals surface area contributed by atoms with E-state index in [2.05, 4.69) is 0 Å². The van der Waals surface area contributed by atoms with Crippen molar-refractivity contribution in [3.63, 3.8) is 0 Å². The Hall–Kier alpha value is -1.77. The molecule has 0 bridgehead atoms. The van der Waals surface area contributed by atoms with Crippen LogP contribution in [0.15, 0.2) is 48.5 Å². The van der Waals surface area contributed by atoms with Gasteiger partial charge in [-0.2, -0.15) is 0 Å². The molecule has 4 nitrogen and oxygen atoms in total. The van der Waals surface area contributed by atoms with Crippen molar-refractivity contribution >= 4 is 7.82 Å². The van der Waals surface area contributed by atoms with Gasteiger partial charge in [-0.3, -0.25) is 0 Å². The Morgan fingerprint density at radius 3 is 1.43 bits per heavy atom. The van der Waals surface area contributed by atoms with E-state index < -0.39 is 7.82 Å². The molecule has 0 fully saturated rings. The third-order valence-corrected chi connectivity index (χ3v) is 3.97. The molecule has 0 aromatic heterocycles. The van der Waals surface area contributed by atoms with Gasteiger partial charge in [-0.05, 0) is 48.2 Å². The topological polar surface area (TPSA) is 58.6 Å². The number of benzene rings is 2. The quantitative estimate of drug-likeness (QED) is 0.763. The summed E-state index contributed by atoms with van der Waals surface area (Å²) in [5, 5.41) is 0. The lowest BCUT2D eigenvalue weighted by Crippen LogP contribution is -2.13. The van der Waals surface area contributed by atoms with Crippen LogP contribution >= 0.6 is 7.82 Å². The van der Waals surface area contributed by atoms with Gasteiger partial charge in [0, 0.05) is 0 Å². The molecular formula is C16H18O4P-. The second-order valence-electron chi connectivity index (χ2n) is 4.62. The summed E-state index contributed by atoms with van der Waals surface area (Å²) < 4.78 is 21.7. The van der Waals surface area contributed by atoms with Crippen LogP contribution in [-0.4, -0.2) is 0 Å². The molecule has 21 heavy (non-hydrogen) atoms. The van der Waals surface area contributed by atoms with Crippen LogP contribution in [0.25, 0.3) is 0 Å². The Morgan fingerprint density at radius 1 is 0.810 bits per heavy atom. The number of phosphoric acid groups is 1. The number of phosphoric ester groups is 1. The predicted molar refractivity (Wildman–Crippen MR) is 80.5 cm³/mol. The molecule has 0 saturated carbocycles. The van der Waals surface area contributed by atoms with Crippen molar-refractivity contribution in [3.05, 3.63) is 59.7 Å². The van der Waals surface area contributed by atoms with Gasteiger partial charge in [0.2, 0.25) is 0 Å². The van der Waals surface area contributed by atoms with Gasteiger partial charge in [-0.1, -0.05) is 38.1 Å². The molecule has 0 aliphatic rings. The van der Waals surface area contributed by atoms with E-state index in [4.69, 9.17) is 9.05 Å². The first-order chi connectivity index (χ1) is 10.0. The molecule has 0 saturated heterocycles. The summed E-state index contributed by atoms with van der Waals surface area (Å²) >= 11 is 0. The zero-order valence-electron chi connectivity index (χ0n) is 12.1. The van der Waals surface area contributed by atoms with Crippen LogP contribution in [0.1, 0.15) is 25.0 Å². The highest BCUT2D eigenvalue weighted by molar-refractivity contribution is 7.46. The van der Waals surface area contributed by atoms with E-state index in [-0.39, 0.29) is 11.5 Å². The van der Waals surface area contributed by atoms with E-state index in [1.807, 2.05) is 38.1 Å². The third-order valence-electron chi connectivity index (χ3n) is 3.10. The molecule has 0 aliphatic carbocycles. The lowest BCUT2D eigenvalue weighted by molar-refractivity contribution is -0.208. The molecule has 5 heteroatoms. The molecule has 0 N–H and O–H groups in total. The second kappa shape index (κ2) is 6.79. The zero-order chi connectivity index (χ0) is 15.3. The maximum absolute atomic E-state index is 11.9. The first-order valence-corrected chi connectivity index (χ1v) is 8.36. The fraction of sp³-hybridized carbons (Fsp3) is 0.250. The van der Waals surface area contributed by atoms with Gasteiger partial charge in [0.05, 0.1) is 0 Å². The molecule has 0 radical (unpaired) electrons. The van der Waals surface area contributed by atoms with Crippen molar-refractivity contribution in [2.75, 3.05) is 0 Å². The number of hydrogen-bond donors (Lipinski definition) is 0. The largest absolute Gasteiger partial charge is 0.736 e. The first-order valence-electron chi connectivity index (χ1n) is 6.90. The van der Waals surface area contributed by atoms with E-state index in [1.54, 1.807) is 24.3 Å². The van der Waals surface area contributed by atoms with Crippen LogP contribution in [0.3, 0.4) is 0 Å². The molecule has 2 aromatic carbocycles. The maximum atomic E-state index is 11.9. The predicted octanol–water partition coefficient (Wildman–Crippen LogP) is 3.74. The minimum Gasteiger partial charge on any atom is -0.736 e. The molecule has 0 heterocycles. The minimum atomic E-state index is -4.43. The normalized spacial score (nSPS) is 11.2. The Morgan fingerprint density at radius 2 is 1.14 bits per heavy atom. The lowest BCUT2D eigenvalue weighted by atomic mass is 10.2. The lowest BCUT2D eigenvalue weighted by Gasteiger charge is -2.23. The van der Waals surface area contributed by atoms with Crippen molar-refractivity contribution in [3.8, 4) is 11.5 Å². The van der Waals surface area contributed by atoms with Crippen molar-refractivity contribution < 1.29 is 18.5 Å². The Labute approximate surface area is 125 Å². The fourth-order valence-corrected chi connectivity index (χ4v) is 2.65. The average Bonchev–Trinajstić information content (AvgIpc) is 2.48. The molecule has 2 rings (SSSR count). The van der Waals surface area contributed by atoms with Crippen molar-refractivity contribution in [1.82, 2.24) is 0 Å². The summed E-state index contributed by atoms with van der Waals surface area (Å²) in [6.07, 6.45) is 1.77. The third kappa shape index (κ3) is 4.62. The Balaban J connectivity index is 2.04. The molecule has 0 spiro atoms. The number of hydrogen-bond acceptors (Lipinski definition) is 4. The van der Waals surface area contributed by atoms with Gasteiger partial charge < -0.3 is 13.9 Å². The van der Waals surface area contributed by atoms with E-state index in [9.17, 15) is 9.46 Å². The minimum absolute atomic E-state index is 0.246. The summed E-state index contributed by atoms with van der Waals surface area (Å²) in [6, 6.07) is 13.8. The second-order valence-corrected chi connectivity index (χ2v) is 5.88. The molecule has 0 aliphatic heterocycles. The van der Waals surface area contributed by atoms with E-state index in [1.165, 1.54) is 0 Å². The SMILES string of the molecule is CCc1ccc(OP(=O)([O-])Oc2ccc(CC)cc2)cc1. The Kier molecular flexibility index (Phi) is 5.05. The molecule has 0 atom stereocenters. The molecule has 0 amide bonds. The van der Waals surface area contributed by atoms with Gasteiger partial charge in [0.25, 0.3) is 0 Å². The molecule has 2 aromatic rings. The van der Waals surface area contributed by atoms with Gasteiger partial charge in [0.1, 0.15) is 11.5 Å². The highest BCUT2D eigenvalue weighted by Gasteiger charge is 2.13. The fourth-order valence-electron chi connectivity index (χ4n) is 1.85. The van der Waals surface area contributed by atoms with E-state index in [0.29, 0.717) is 0 Å². The smallest absolute Gasteiger partial charge is 0.372 e. The van der Waals surface area contributed by atoms with E-state index >= 15 is 0 Å². The van der Waals surface area contributed by atoms with Gasteiger partial charge in [-0.15, -0.1) is 0 Å². The van der Waals surface area contributed by atoms with Crippen LogP contribution in [0.5, 0.6) is 11.5 Å². The summed E-state index contributed by atoms with van der Waals surface area (Å²) in [5.74, 6) is 0.492. The monoisotopic (exact) mass is 305 g/mol. The number of aryl methyl sites for hydroxylation is 2.